The lowest BCUT2D eigenvalue weighted by Gasteiger charge is -2.26. The van der Waals surface area contributed by atoms with E-state index in [1.807, 2.05) is 19.9 Å². The monoisotopic (exact) mass is 274 g/mol. The van der Waals surface area contributed by atoms with Crippen LogP contribution >= 0.6 is 0 Å². The Bertz CT molecular complexity index is 505. The third-order valence-electron chi connectivity index (χ3n) is 5.29. The summed E-state index contributed by atoms with van der Waals surface area (Å²) < 4.78 is 0. The molecule has 2 aliphatic carbocycles. The average molecular weight is 274 g/mol. The van der Waals surface area contributed by atoms with Crippen LogP contribution < -0.4 is 0 Å². The van der Waals surface area contributed by atoms with Gasteiger partial charge in [-0.2, -0.15) is 0 Å². The molecule has 1 N–H and O–H groups in total. The number of rotatable bonds is 5. The van der Waals surface area contributed by atoms with Gasteiger partial charge in [-0.3, -0.25) is 9.69 Å². The number of likely N-dealkylation sites (N-methyl/N-ethyl adjacent to an activating group) is 1. The predicted octanol–water partition coefficient (Wildman–Crippen LogP) is 3.18. The van der Waals surface area contributed by atoms with Crippen LogP contribution in [0, 0.1) is 31.6 Å². The molecule has 0 radical (unpaired) electrons. The van der Waals surface area contributed by atoms with Gasteiger partial charge in [0.1, 0.15) is 0 Å². The van der Waals surface area contributed by atoms with E-state index in [4.69, 9.17) is 0 Å². The molecule has 0 amide bonds. The first-order valence-corrected chi connectivity index (χ1v) is 7.91. The van der Waals surface area contributed by atoms with Crippen molar-refractivity contribution in [3.63, 3.8) is 0 Å². The standard InChI is InChI=1S/C17H26N2O/c1-11-6-16(12(2)18-11)17(20)10-19(3)9-15-8-13-4-5-14(15)7-13/h6,13-15,18H,4-5,7-10H2,1-3H3. The predicted molar refractivity (Wildman–Crippen MR) is 81.0 cm³/mol. The highest BCUT2D eigenvalue weighted by atomic mass is 16.1. The molecule has 2 aliphatic rings. The molecular weight excluding hydrogens is 248 g/mol. The SMILES string of the molecule is Cc1cc(C(=O)CN(C)CC2CC3CCC2C3)c(C)[nH]1. The van der Waals surface area contributed by atoms with Gasteiger partial charge in [-0.1, -0.05) is 6.42 Å². The molecule has 2 fully saturated rings. The maximum atomic E-state index is 12.4. The summed E-state index contributed by atoms with van der Waals surface area (Å²) in [6, 6.07) is 1.98. The van der Waals surface area contributed by atoms with E-state index in [1.54, 1.807) is 0 Å². The van der Waals surface area contributed by atoms with Crippen LogP contribution in [0.2, 0.25) is 0 Å². The highest BCUT2D eigenvalue weighted by Gasteiger charge is 2.39. The maximum Gasteiger partial charge on any atom is 0.178 e. The lowest BCUT2D eigenvalue weighted by atomic mass is 9.88. The first-order valence-electron chi connectivity index (χ1n) is 7.91. The van der Waals surface area contributed by atoms with Crippen molar-refractivity contribution in [2.75, 3.05) is 20.1 Å². The quantitative estimate of drug-likeness (QED) is 0.837. The Morgan fingerprint density at radius 3 is 2.70 bits per heavy atom. The number of hydrogen-bond donors (Lipinski definition) is 1. The van der Waals surface area contributed by atoms with E-state index in [2.05, 4.69) is 16.9 Å². The molecule has 20 heavy (non-hydrogen) atoms. The van der Waals surface area contributed by atoms with Crippen molar-refractivity contribution < 1.29 is 4.79 Å². The van der Waals surface area contributed by atoms with Crippen LogP contribution in [-0.2, 0) is 0 Å². The number of nitrogens with zero attached hydrogens (tertiary/aromatic N) is 1. The van der Waals surface area contributed by atoms with Crippen molar-refractivity contribution >= 4 is 5.78 Å². The fraction of sp³-hybridized carbons (Fsp3) is 0.706. The van der Waals surface area contributed by atoms with Crippen LogP contribution in [0.25, 0.3) is 0 Å². The van der Waals surface area contributed by atoms with E-state index in [0.717, 1.165) is 41.2 Å². The Balaban J connectivity index is 1.55. The summed E-state index contributed by atoms with van der Waals surface area (Å²) in [6.45, 7) is 5.63. The zero-order valence-electron chi connectivity index (χ0n) is 12.9. The molecule has 1 aromatic rings. The van der Waals surface area contributed by atoms with Gasteiger partial charge in [0.05, 0.1) is 6.54 Å². The number of hydrogen-bond acceptors (Lipinski definition) is 2. The number of H-pyrrole nitrogens is 1. The third-order valence-corrected chi connectivity index (χ3v) is 5.29. The van der Waals surface area contributed by atoms with E-state index in [1.165, 1.54) is 25.7 Å². The highest BCUT2D eigenvalue weighted by molar-refractivity contribution is 5.98. The van der Waals surface area contributed by atoms with Gasteiger partial charge in [0.25, 0.3) is 0 Å². The number of carbonyl (C=O) groups is 1. The average Bonchev–Trinajstić information content (AvgIpc) is 3.04. The Labute approximate surface area is 121 Å². The summed E-state index contributed by atoms with van der Waals surface area (Å²) >= 11 is 0. The highest BCUT2D eigenvalue weighted by Crippen LogP contribution is 2.48. The Morgan fingerprint density at radius 1 is 1.35 bits per heavy atom. The van der Waals surface area contributed by atoms with Gasteiger partial charge < -0.3 is 4.98 Å². The molecular formula is C17H26N2O. The Hall–Kier alpha value is -1.09. The molecule has 0 spiro atoms. The van der Waals surface area contributed by atoms with Crippen LogP contribution in [0.1, 0.15) is 47.4 Å². The maximum absolute atomic E-state index is 12.4. The zero-order valence-corrected chi connectivity index (χ0v) is 12.9. The van der Waals surface area contributed by atoms with Crippen molar-refractivity contribution in [2.45, 2.75) is 39.5 Å². The molecule has 1 aromatic heterocycles. The minimum Gasteiger partial charge on any atom is -0.362 e. The number of nitrogens with one attached hydrogen (secondary N) is 1. The lowest BCUT2D eigenvalue weighted by Crippen LogP contribution is -2.33. The van der Waals surface area contributed by atoms with E-state index in [0.29, 0.717) is 6.54 Å². The third kappa shape index (κ3) is 2.69. The van der Waals surface area contributed by atoms with Gasteiger partial charge in [0.2, 0.25) is 0 Å². The number of aromatic nitrogens is 1. The topological polar surface area (TPSA) is 36.1 Å². The van der Waals surface area contributed by atoms with Gasteiger partial charge in [-0.25, -0.2) is 0 Å². The van der Waals surface area contributed by atoms with E-state index in [-0.39, 0.29) is 5.78 Å². The fourth-order valence-corrected chi connectivity index (χ4v) is 4.41. The number of fused-ring (bicyclic) bond motifs is 2. The first kappa shape index (κ1) is 13.9. The molecule has 0 aromatic carbocycles. The molecule has 3 unspecified atom stereocenters. The second kappa shape index (κ2) is 5.36. The summed E-state index contributed by atoms with van der Waals surface area (Å²) in [5.41, 5.74) is 2.93. The number of ketones is 1. The zero-order chi connectivity index (χ0) is 14.3. The van der Waals surface area contributed by atoms with Crippen LogP contribution in [0.15, 0.2) is 6.07 Å². The number of Topliss-reactive ketones (excluding diaryl/α,β-unsaturated/α-hetero) is 1. The molecule has 3 heteroatoms. The Morgan fingerprint density at radius 2 is 2.15 bits per heavy atom. The van der Waals surface area contributed by atoms with Crippen molar-refractivity contribution in [3.8, 4) is 0 Å². The lowest BCUT2D eigenvalue weighted by molar-refractivity contribution is 0.0928. The summed E-state index contributed by atoms with van der Waals surface area (Å²) in [5, 5.41) is 0. The smallest absolute Gasteiger partial charge is 0.178 e. The fourth-order valence-electron chi connectivity index (χ4n) is 4.41. The van der Waals surface area contributed by atoms with Crippen LogP contribution in [0.3, 0.4) is 0 Å². The number of aryl methyl sites for hydroxylation is 2. The van der Waals surface area contributed by atoms with Crippen molar-refractivity contribution in [2.24, 2.45) is 17.8 Å². The van der Waals surface area contributed by atoms with Gasteiger partial charge >= 0.3 is 0 Å². The molecule has 0 aliphatic heterocycles. The molecule has 1 heterocycles. The van der Waals surface area contributed by atoms with Crippen LogP contribution in [0.4, 0.5) is 0 Å². The number of carbonyl (C=O) groups excluding carboxylic acids is 1. The van der Waals surface area contributed by atoms with Gasteiger partial charge in [0, 0.05) is 23.5 Å². The van der Waals surface area contributed by atoms with E-state index < -0.39 is 0 Å². The summed E-state index contributed by atoms with van der Waals surface area (Å²) in [6.07, 6.45) is 5.72. The molecule has 110 valence electrons. The van der Waals surface area contributed by atoms with Crippen LogP contribution in [0.5, 0.6) is 0 Å². The van der Waals surface area contributed by atoms with E-state index >= 15 is 0 Å². The first-order chi connectivity index (χ1) is 9.52. The minimum atomic E-state index is 0.248. The van der Waals surface area contributed by atoms with Crippen molar-refractivity contribution in [3.05, 3.63) is 23.0 Å². The molecule has 3 rings (SSSR count). The summed E-state index contributed by atoms with van der Waals surface area (Å²) in [4.78, 5) is 17.8. The van der Waals surface area contributed by atoms with Gasteiger partial charge in [-0.05, 0) is 64.0 Å². The van der Waals surface area contributed by atoms with E-state index in [9.17, 15) is 4.79 Å². The van der Waals surface area contributed by atoms with Crippen molar-refractivity contribution in [1.82, 2.24) is 9.88 Å². The van der Waals surface area contributed by atoms with Crippen LogP contribution in [-0.4, -0.2) is 35.8 Å². The second-order valence-corrected chi connectivity index (χ2v) is 7.05. The number of aromatic amines is 1. The van der Waals surface area contributed by atoms with Gasteiger partial charge in [0.15, 0.2) is 5.78 Å². The molecule has 3 atom stereocenters. The second-order valence-electron chi connectivity index (χ2n) is 7.05. The Kier molecular flexibility index (Phi) is 3.72. The van der Waals surface area contributed by atoms with Crippen molar-refractivity contribution in [1.29, 1.82) is 0 Å². The summed E-state index contributed by atoms with van der Waals surface area (Å²) in [7, 11) is 2.10. The molecule has 3 nitrogen and oxygen atoms in total. The minimum absolute atomic E-state index is 0.248. The molecule has 2 saturated carbocycles. The normalized spacial score (nSPS) is 28.5. The summed E-state index contributed by atoms with van der Waals surface area (Å²) in [5.74, 6) is 3.01. The van der Waals surface area contributed by atoms with Gasteiger partial charge in [-0.15, -0.1) is 0 Å². The largest absolute Gasteiger partial charge is 0.362 e. The molecule has 0 saturated heterocycles. The molecule has 2 bridgehead atoms.